The van der Waals surface area contributed by atoms with Gasteiger partial charge < -0.3 is 15.3 Å². The summed E-state index contributed by atoms with van der Waals surface area (Å²) in [5.74, 6) is -0.378. The number of carboxylic acid groups (broad SMARTS) is 1. The summed E-state index contributed by atoms with van der Waals surface area (Å²) in [6.45, 7) is 3.61. The van der Waals surface area contributed by atoms with Gasteiger partial charge in [0.25, 0.3) is 0 Å². The van der Waals surface area contributed by atoms with E-state index in [1.165, 1.54) is 0 Å². The van der Waals surface area contributed by atoms with E-state index in [1.54, 1.807) is 4.90 Å². The fraction of sp³-hybridized carbons (Fsp3) is 0.857. The topological polar surface area (TPSA) is 69.6 Å². The number of nitrogens with zero attached hydrogens (tertiary/aromatic N) is 1. The number of hydrogen-bond acceptors (Lipinski definition) is 2. The summed E-state index contributed by atoms with van der Waals surface area (Å²) < 4.78 is 0. The lowest BCUT2D eigenvalue weighted by Gasteiger charge is -2.38. The van der Waals surface area contributed by atoms with Crippen molar-refractivity contribution < 1.29 is 14.7 Å². The third-order valence-electron chi connectivity index (χ3n) is 4.41. The normalized spacial score (nSPS) is 26.8. The van der Waals surface area contributed by atoms with Crippen LogP contribution < -0.4 is 5.32 Å². The summed E-state index contributed by atoms with van der Waals surface area (Å²) in [6.07, 6.45) is 6.08. The summed E-state index contributed by atoms with van der Waals surface area (Å²) in [5.41, 5.74) is -1.03. The number of likely N-dealkylation sites (tertiary alicyclic amines) is 1. The molecule has 1 aliphatic heterocycles. The van der Waals surface area contributed by atoms with Gasteiger partial charge in [0.1, 0.15) is 5.54 Å². The van der Waals surface area contributed by atoms with Gasteiger partial charge in [-0.3, -0.25) is 0 Å². The average molecular weight is 268 g/mol. The average Bonchev–Trinajstić information content (AvgIpc) is 2.39. The number of nitrogens with one attached hydrogen (secondary N) is 1. The van der Waals surface area contributed by atoms with Gasteiger partial charge in [0.15, 0.2) is 0 Å². The summed E-state index contributed by atoms with van der Waals surface area (Å²) in [7, 11) is 0. The molecular formula is C14H24N2O3. The van der Waals surface area contributed by atoms with Crippen molar-refractivity contribution in [3.63, 3.8) is 0 Å². The van der Waals surface area contributed by atoms with Crippen LogP contribution >= 0.6 is 0 Å². The van der Waals surface area contributed by atoms with E-state index in [-0.39, 0.29) is 6.03 Å². The molecule has 2 amide bonds. The van der Waals surface area contributed by atoms with Crippen molar-refractivity contribution in [2.45, 2.75) is 57.4 Å². The smallest absolute Gasteiger partial charge is 0.329 e. The largest absolute Gasteiger partial charge is 0.480 e. The minimum absolute atomic E-state index is 0.198. The molecule has 1 saturated carbocycles. The fourth-order valence-electron chi connectivity index (χ4n) is 3.21. The molecule has 5 nitrogen and oxygen atoms in total. The highest BCUT2D eigenvalue weighted by molar-refractivity contribution is 5.86. The Balaban J connectivity index is 2.00. The Morgan fingerprint density at radius 1 is 1.21 bits per heavy atom. The number of amides is 2. The van der Waals surface area contributed by atoms with E-state index in [9.17, 15) is 14.7 Å². The summed E-state index contributed by atoms with van der Waals surface area (Å²) in [5, 5.41) is 12.3. The molecule has 5 heteroatoms. The van der Waals surface area contributed by atoms with E-state index < -0.39 is 11.5 Å². The van der Waals surface area contributed by atoms with Crippen molar-refractivity contribution in [2.24, 2.45) is 5.92 Å². The van der Waals surface area contributed by atoms with E-state index in [1.807, 2.05) is 0 Å². The predicted molar refractivity (Wildman–Crippen MR) is 72.0 cm³/mol. The highest BCUT2D eigenvalue weighted by Crippen LogP contribution is 2.29. The molecule has 2 fully saturated rings. The third-order valence-corrected chi connectivity index (χ3v) is 4.41. The van der Waals surface area contributed by atoms with E-state index in [0.717, 1.165) is 45.2 Å². The van der Waals surface area contributed by atoms with Crippen molar-refractivity contribution in [2.75, 3.05) is 13.1 Å². The first-order valence-corrected chi connectivity index (χ1v) is 7.34. The van der Waals surface area contributed by atoms with Gasteiger partial charge in [-0.1, -0.05) is 26.2 Å². The number of aliphatic carboxylic acids is 1. The Labute approximate surface area is 114 Å². The standard InChI is InChI=1S/C14H24N2O3/c1-11-6-5-9-16(10-11)13(19)15-14(12(17)18)7-3-2-4-8-14/h11H,2-10H2,1H3,(H,15,19)(H,17,18). The third kappa shape index (κ3) is 3.19. The number of rotatable bonds is 2. The molecule has 0 aromatic heterocycles. The fourth-order valence-corrected chi connectivity index (χ4v) is 3.21. The maximum absolute atomic E-state index is 12.3. The van der Waals surface area contributed by atoms with Crippen LogP contribution in [0.1, 0.15) is 51.9 Å². The Kier molecular flexibility index (Phi) is 4.32. The first-order valence-electron chi connectivity index (χ1n) is 7.34. The van der Waals surface area contributed by atoms with Gasteiger partial charge in [0.05, 0.1) is 0 Å². The van der Waals surface area contributed by atoms with Crippen LogP contribution in [0.5, 0.6) is 0 Å². The van der Waals surface area contributed by atoms with Gasteiger partial charge in [0, 0.05) is 13.1 Å². The van der Waals surface area contributed by atoms with Crippen molar-refractivity contribution >= 4 is 12.0 Å². The van der Waals surface area contributed by atoms with E-state index >= 15 is 0 Å². The molecule has 2 aliphatic rings. The van der Waals surface area contributed by atoms with Crippen LogP contribution in [0.2, 0.25) is 0 Å². The molecule has 1 saturated heterocycles. The number of urea groups is 1. The predicted octanol–water partition coefficient (Wildman–Crippen LogP) is 2.22. The Bertz CT molecular complexity index is 351. The number of piperidine rings is 1. The minimum atomic E-state index is -1.03. The van der Waals surface area contributed by atoms with E-state index in [4.69, 9.17) is 0 Å². The molecule has 1 heterocycles. The lowest BCUT2D eigenvalue weighted by atomic mass is 9.82. The molecular weight excluding hydrogens is 244 g/mol. The van der Waals surface area contributed by atoms with Crippen molar-refractivity contribution in [3.8, 4) is 0 Å². The molecule has 19 heavy (non-hydrogen) atoms. The second kappa shape index (κ2) is 5.80. The van der Waals surface area contributed by atoms with Crippen molar-refractivity contribution in [1.82, 2.24) is 10.2 Å². The molecule has 0 aromatic carbocycles. The second-order valence-corrected chi connectivity index (χ2v) is 6.07. The molecule has 1 atom stereocenters. The minimum Gasteiger partial charge on any atom is -0.480 e. The highest BCUT2D eigenvalue weighted by atomic mass is 16.4. The molecule has 0 aromatic rings. The highest BCUT2D eigenvalue weighted by Gasteiger charge is 2.42. The van der Waals surface area contributed by atoms with Crippen LogP contribution in [-0.2, 0) is 4.79 Å². The zero-order chi connectivity index (χ0) is 13.9. The molecule has 1 unspecified atom stereocenters. The van der Waals surface area contributed by atoms with E-state index in [0.29, 0.717) is 18.8 Å². The SMILES string of the molecule is CC1CCCN(C(=O)NC2(C(=O)O)CCCCC2)C1. The summed E-state index contributed by atoms with van der Waals surface area (Å²) in [6, 6.07) is -0.198. The first-order chi connectivity index (χ1) is 9.03. The summed E-state index contributed by atoms with van der Waals surface area (Å²) >= 11 is 0. The molecule has 0 spiro atoms. The van der Waals surface area contributed by atoms with Gasteiger partial charge in [-0.2, -0.15) is 0 Å². The van der Waals surface area contributed by atoms with Crippen LogP contribution in [0.15, 0.2) is 0 Å². The zero-order valence-corrected chi connectivity index (χ0v) is 11.7. The Morgan fingerprint density at radius 2 is 1.89 bits per heavy atom. The Hall–Kier alpha value is -1.26. The number of carbonyl (C=O) groups is 2. The summed E-state index contributed by atoms with van der Waals surface area (Å²) in [4.78, 5) is 25.6. The van der Waals surface area contributed by atoms with Gasteiger partial charge >= 0.3 is 12.0 Å². The van der Waals surface area contributed by atoms with Gasteiger partial charge in [-0.25, -0.2) is 9.59 Å². The first kappa shape index (κ1) is 14.2. The molecule has 0 bridgehead atoms. The molecule has 2 rings (SSSR count). The maximum Gasteiger partial charge on any atom is 0.329 e. The van der Waals surface area contributed by atoms with Crippen LogP contribution in [0.3, 0.4) is 0 Å². The lowest BCUT2D eigenvalue weighted by molar-refractivity contribution is -0.146. The number of hydrogen-bond donors (Lipinski definition) is 2. The Morgan fingerprint density at radius 3 is 2.47 bits per heavy atom. The number of carbonyl (C=O) groups excluding carboxylic acids is 1. The zero-order valence-electron chi connectivity index (χ0n) is 11.7. The van der Waals surface area contributed by atoms with Gasteiger partial charge in [0.2, 0.25) is 0 Å². The van der Waals surface area contributed by atoms with Crippen LogP contribution in [0.4, 0.5) is 4.79 Å². The number of carboxylic acids is 1. The monoisotopic (exact) mass is 268 g/mol. The molecule has 2 N–H and O–H groups in total. The molecule has 108 valence electrons. The lowest BCUT2D eigenvalue weighted by Crippen LogP contribution is -2.59. The maximum atomic E-state index is 12.3. The second-order valence-electron chi connectivity index (χ2n) is 6.07. The van der Waals surface area contributed by atoms with Crippen LogP contribution in [-0.4, -0.2) is 40.6 Å². The van der Waals surface area contributed by atoms with Crippen molar-refractivity contribution in [1.29, 1.82) is 0 Å². The molecule has 0 radical (unpaired) electrons. The van der Waals surface area contributed by atoms with E-state index in [2.05, 4.69) is 12.2 Å². The van der Waals surface area contributed by atoms with Crippen molar-refractivity contribution in [3.05, 3.63) is 0 Å². The van der Waals surface area contributed by atoms with Gasteiger partial charge in [-0.15, -0.1) is 0 Å². The van der Waals surface area contributed by atoms with Crippen LogP contribution in [0, 0.1) is 5.92 Å². The molecule has 1 aliphatic carbocycles. The quantitative estimate of drug-likeness (QED) is 0.806. The van der Waals surface area contributed by atoms with Gasteiger partial charge in [-0.05, 0) is 31.6 Å². The van der Waals surface area contributed by atoms with Crippen LogP contribution in [0.25, 0.3) is 0 Å².